The second kappa shape index (κ2) is 6.43. The summed E-state index contributed by atoms with van der Waals surface area (Å²) in [7, 11) is 0. The van der Waals surface area contributed by atoms with E-state index in [9.17, 15) is 9.59 Å². The smallest absolute Gasteiger partial charge is 0.287 e. The van der Waals surface area contributed by atoms with E-state index in [-0.39, 0.29) is 24.1 Å². The summed E-state index contributed by atoms with van der Waals surface area (Å²) >= 11 is 3.13. The number of nitrogens with zero attached hydrogens (tertiary/aromatic N) is 1. The Hall–Kier alpha value is -1.30. The Kier molecular flexibility index (Phi) is 4.86. The average molecular weight is 343 g/mol. The van der Waals surface area contributed by atoms with E-state index in [0.29, 0.717) is 16.5 Å². The Labute approximate surface area is 126 Å². The molecule has 1 aliphatic rings. The normalized spacial score (nSPS) is 22.6. The van der Waals surface area contributed by atoms with Crippen molar-refractivity contribution in [3.63, 3.8) is 0 Å². The van der Waals surface area contributed by atoms with Crippen LogP contribution in [0.4, 0.5) is 0 Å². The molecule has 1 aromatic rings. The van der Waals surface area contributed by atoms with E-state index in [0.717, 1.165) is 19.5 Å². The molecule has 1 aromatic heterocycles. The van der Waals surface area contributed by atoms with Crippen LogP contribution in [-0.2, 0) is 4.79 Å². The number of piperidine rings is 1. The number of likely N-dealkylation sites (tertiary alicyclic amines) is 1. The minimum absolute atomic E-state index is 0.0105. The molecule has 5 nitrogen and oxygen atoms in total. The molecule has 0 aromatic carbocycles. The van der Waals surface area contributed by atoms with Crippen LogP contribution >= 0.6 is 15.9 Å². The van der Waals surface area contributed by atoms with Crippen LogP contribution in [0.1, 0.15) is 30.8 Å². The first kappa shape index (κ1) is 15.1. The lowest BCUT2D eigenvalue weighted by Gasteiger charge is -2.35. The Bertz CT molecular complexity index is 490. The number of amides is 2. The second-order valence-electron chi connectivity index (χ2n) is 5.53. The van der Waals surface area contributed by atoms with Crippen LogP contribution in [0.3, 0.4) is 0 Å². The Morgan fingerprint density at radius 2 is 2.00 bits per heavy atom. The van der Waals surface area contributed by atoms with Crippen LogP contribution < -0.4 is 5.32 Å². The second-order valence-corrected chi connectivity index (χ2v) is 6.31. The SMILES string of the molecule is C[C@@H]1C[C@@H](C)CN(C(=O)CNC(=O)c2ccc(Br)o2)C1. The molecule has 1 aliphatic heterocycles. The van der Waals surface area contributed by atoms with Gasteiger partial charge in [0.25, 0.3) is 5.91 Å². The van der Waals surface area contributed by atoms with Gasteiger partial charge in [0.1, 0.15) is 0 Å². The number of halogens is 1. The lowest BCUT2D eigenvalue weighted by Crippen LogP contribution is -2.46. The lowest BCUT2D eigenvalue weighted by molar-refractivity contribution is -0.132. The molecule has 0 saturated carbocycles. The molecular formula is C14H19BrN2O3. The van der Waals surface area contributed by atoms with E-state index < -0.39 is 0 Å². The Balaban J connectivity index is 1.84. The highest BCUT2D eigenvalue weighted by atomic mass is 79.9. The summed E-state index contributed by atoms with van der Waals surface area (Å²) in [6.45, 7) is 5.84. The molecule has 0 radical (unpaired) electrons. The highest BCUT2D eigenvalue weighted by Gasteiger charge is 2.25. The highest BCUT2D eigenvalue weighted by molar-refractivity contribution is 9.10. The van der Waals surface area contributed by atoms with Crippen LogP contribution in [0.15, 0.2) is 21.2 Å². The minimum Gasteiger partial charge on any atom is -0.444 e. The molecule has 1 fully saturated rings. The third-order valence-corrected chi connectivity index (χ3v) is 3.84. The monoisotopic (exact) mass is 342 g/mol. The van der Waals surface area contributed by atoms with Crippen molar-refractivity contribution in [2.24, 2.45) is 11.8 Å². The Morgan fingerprint density at radius 3 is 2.55 bits per heavy atom. The van der Waals surface area contributed by atoms with Crippen molar-refractivity contribution in [3.8, 4) is 0 Å². The summed E-state index contributed by atoms with van der Waals surface area (Å²) in [6, 6.07) is 3.21. The van der Waals surface area contributed by atoms with Crippen LogP contribution in [0, 0.1) is 11.8 Å². The lowest BCUT2D eigenvalue weighted by atomic mass is 9.92. The van der Waals surface area contributed by atoms with E-state index >= 15 is 0 Å². The van der Waals surface area contributed by atoms with E-state index in [2.05, 4.69) is 35.1 Å². The molecule has 2 rings (SSSR count). The summed E-state index contributed by atoms with van der Waals surface area (Å²) in [6.07, 6.45) is 1.15. The standard InChI is InChI=1S/C14H19BrN2O3/c1-9-5-10(2)8-17(7-9)13(18)6-16-14(19)11-3-4-12(15)20-11/h3-4,9-10H,5-8H2,1-2H3,(H,16,19)/t9-,10-/m1/s1. The maximum absolute atomic E-state index is 12.1. The third kappa shape index (κ3) is 3.85. The number of furan rings is 1. The van der Waals surface area contributed by atoms with Gasteiger partial charge in [-0.05, 0) is 46.3 Å². The van der Waals surface area contributed by atoms with Crippen molar-refractivity contribution in [1.29, 1.82) is 0 Å². The highest BCUT2D eigenvalue weighted by Crippen LogP contribution is 2.20. The summed E-state index contributed by atoms with van der Waals surface area (Å²) in [4.78, 5) is 25.7. The maximum Gasteiger partial charge on any atom is 0.287 e. The van der Waals surface area contributed by atoms with Crippen LogP contribution in [0.5, 0.6) is 0 Å². The van der Waals surface area contributed by atoms with Crippen molar-refractivity contribution in [2.75, 3.05) is 19.6 Å². The van der Waals surface area contributed by atoms with Crippen LogP contribution in [-0.4, -0.2) is 36.3 Å². The minimum atomic E-state index is -0.373. The van der Waals surface area contributed by atoms with Crippen molar-refractivity contribution in [1.82, 2.24) is 10.2 Å². The number of carbonyl (C=O) groups excluding carboxylic acids is 2. The molecule has 0 unspecified atom stereocenters. The van der Waals surface area contributed by atoms with E-state index in [1.807, 2.05) is 4.90 Å². The molecule has 20 heavy (non-hydrogen) atoms. The van der Waals surface area contributed by atoms with E-state index in [1.54, 1.807) is 12.1 Å². The van der Waals surface area contributed by atoms with Crippen molar-refractivity contribution in [3.05, 3.63) is 22.6 Å². The molecule has 6 heteroatoms. The zero-order chi connectivity index (χ0) is 14.7. The first-order valence-electron chi connectivity index (χ1n) is 6.77. The van der Waals surface area contributed by atoms with Crippen molar-refractivity contribution < 1.29 is 14.0 Å². The van der Waals surface area contributed by atoms with Gasteiger partial charge in [-0.15, -0.1) is 0 Å². The fraction of sp³-hybridized carbons (Fsp3) is 0.571. The van der Waals surface area contributed by atoms with Gasteiger partial charge in [0.2, 0.25) is 5.91 Å². The van der Waals surface area contributed by atoms with Crippen molar-refractivity contribution >= 4 is 27.7 Å². The molecule has 0 aliphatic carbocycles. The summed E-state index contributed by atoms with van der Waals surface area (Å²) < 4.78 is 5.63. The zero-order valence-electron chi connectivity index (χ0n) is 11.7. The van der Waals surface area contributed by atoms with Gasteiger partial charge in [0.05, 0.1) is 6.54 Å². The predicted molar refractivity (Wildman–Crippen MR) is 78.3 cm³/mol. The van der Waals surface area contributed by atoms with Gasteiger partial charge in [0, 0.05) is 13.1 Å². The number of hydrogen-bond donors (Lipinski definition) is 1. The number of hydrogen-bond acceptors (Lipinski definition) is 3. The van der Waals surface area contributed by atoms with Gasteiger partial charge in [-0.3, -0.25) is 9.59 Å². The zero-order valence-corrected chi connectivity index (χ0v) is 13.3. The molecule has 0 bridgehead atoms. The quantitative estimate of drug-likeness (QED) is 0.916. The van der Waals surface area contributed by atoms with Gasteiger partial charge in [-0.1, -0.05) is 13.8 Å². The Morgan fingerprint density at radius 1 is 1.35 bits per heavy atom. The molecule has 2 atom stereocenters. The largest absolute Gasteiger partial charge is 0.444 e. The first-order valence-corrected chi connectivity index (χ1v) is 7.56. The predicted octanol–water partition coefficient (Wildman–Crippen LogP) is 2.28. The fourth-order valence-electron chi connectivity index (χ4n) is 2.66. The van der Waals surface area contributed by atoms with Gasteiger partial charge < -0.3 is 14.6 Å². The molecule has 1 N–H and O–H groups in total. The van der Waals surface area contributed by atoms with Crippen LogP contribution in [0.25, 0.3) is 0 Å². The number of rotatable bonds is 3. The van der Waals surface area contributed by atoms with E-state index in [4.69, 9.17) is 4.42 Å². The third-order valence-electron chi connectivity index (χ3n) is 3.42. The maximum atomic E-state index is 12.1. The summed E-state index contributed by atoms with van der Waals surface area (Å²) in [5.41, 5.74) is 0. The molecule has 110 valence electrons. The molecule has 1 saturated heterocycles. The summed E-state index contributed by atoms with van der Waals surface area (Å²) in [5, 5.41) is 2.59. The van der Waals surface area contributed by atoms with Crippen molar-refractivity contribution in [2.45, 2.75) is 20.3 Å². The molecule has 2 heterocycles. The fourth-order valence-corrected chi connectivity index (χ4v) is 2.96. The van der Waals surface area contributed by atoms with E-state index in [1.165, 1.54) is 0 Å². The van der Waals surface area contributed by atoms with Gasteiger partial charge in [0.15, 0.2) is 10.4 Å². The molecular weight excluding hydrogens is 324 g/mol. The van der Waals surface area contributed by atoms with Gasteiger partial charge in [-0.2, -0.15) is 0 Å². The average Bonchev–Trinajstić information content (AvgIpc) is 2.81. The number of carbonyl (C=O) groups is 2. The molecule has 0 spiro atoms. The first-order chi connectivity index (χ1) is 9.45. The van der Waals surface area contributed by atoms with Gasteiger partial charge >= 0.3 is 0 Å². The molecule has 2 amide bonds. The summed E-state index contributed by atoms with van der Waals surface area (Å²) in [5.74, 6) is 0.813. The topological polar surface area (TPSA) is 62.6 Å². The van der Waals surface area contributed by atoms with Gasteiger partial charge in [-0.25, -0.2) is 0 Å². The van der Waals surface area contributed by atoms with Crippen LogP contribution in [0.2, 0.25) is 0 Å². The number of nitrogens with one attached hydrogen (secondary N) is 1.